The van der Waals surface area contributed by atoms with Crippen molar-refractivity contribution in [3.8, 4) is 11.5 Å². The average molecular weight is 197 g/mol. The maximum atomic E-state index is 10.6. The summed E-state index contributed by atoms with van der Waals surface area (Å²) in [6.45, 7) is 0. The van der Waals surface area contributed by atoms with Crippen molar-refractivity contribution in [1.82, 2.24) is 0 Å². The van der Waals surface area contributed by atoms with Crippen LogP contribution in [0.2, 0.25) is 0 Å². The highest BCUT2D eigenvalue weighted by atomic mass is 16.6. The van der Waals surface area contributed by atoms with E-state index in [0.717, 1.165) is 6.07 Å². The molecule has 0 fully saturated rings. The molecular formula is C8H7NO5. The molecule has 0 bridgehead atoms. The van der Waals surface area contributed by atoms with E-state index in [1.807, 2.05) is 0 Å². The summed E-state index contributed by atoms with van der Waals surface area (Å²) in [6, 6.07) is 2.38. The van der Waals surface area contributed by atoms with Gasteiger partial charge < -0.3 is 9.84 Å². The van der Waals surface area contributed by atoms with Crippen molar-refractivity contribution in [3.05, 3.63) is 27.8 Å². The van der Waals surface area contributed by atoms with Gasteiger partial charge in [0.05, 0.1) is 12.0 Å². The standard InChI is InChI=1S/C8H7NO5/c1-14-7-3-2-6(11)5(4-10)8(7)9(12)13/h2-4,11H,1H3. The number of nitrogens with zero attached hydrogens (tertiary/aromatic N) is 1. The van der Waals surface area contributed by atoms with Crippen molar-refractivity contribution in [1.29, 1.82) is 0 Å². The maximum absolute atomic E-state index is 10.6. The summed E-state index contributed by atoms with van der Waals surface area (Å²) >= 11 is 0. The summed E-state index contributed by atoms with van der Waals surface area (Å²) in [7, 11) is 1.24. The summed E-state index contributed by atoms with van der Waals surface area (Å²) < 4.78 is 4.69. The number of ether oxygens (including phenoxy) is 1. The van der Waals surface area contributed by atoms with Crippen LogP contribution in [0.3, 0.4) is 0 Å². The number of methoxy groups -OCH3 is 1. The summed E-state index contributed by atoms with van der Waals surface area (Å²) in [4.78, 5) is 20.3. The van der Waals surface area contributed by atoms with Crippen LogP contribution in [0.5, 0.6) is 11.5 Å². The van der Waals surface area contributed by atoms with Gasteiger partial charge in [-0.1, -0.05) is 0 Å². The van der Waals surface area contributed by atoms with Gasteiger partial charge in [0.25, 0.3) is 0 Å². The quantitative estimate of drug-likeness (QED) is 0.445. The Morgan fingerprint density at radius 3 is 2.64 bits per heavy atom. The normalized spacial score (nSPS) is 9.50. The third-order valence-corrected chi connectivity index (χ3v) is 1.68. The summed E-state index contributed by atoms with van der Waals surface area (Å²) in [5, 5.41) is 19.7. The Bertz CT molecular complexity index is 388. The zero-order valence-electron chi connectivity index (χ0n) is 7.26. The molecule has 1 aromatic carbocycles. The molecule has 0 heterocycles. The van der Waals surface area contributed by atoms with Crippen LogP contribution in [0.15, 0.2) is 12.1 Å². The predicted molar refractivity (Wildman–Crippen MR) is 46.7 cm³/mol. The van der Waals surface area contributed by atoms with E-state index < -0.39 is 16.4 Å². The number of carbonyl (C=O) groups is 1. The smallest absolute Gasteiger partial charge is 0.325 e. The highest BCUT2D eigenvalue weighted by Gasteiger charge is 2.23. The number of carbonyl (C=O) groups excluding carboxylic acids is 1. The minimum atomic E-state index is -0.776. The van der Waals surface area contributed by atoms with Crippen molar-refractivity contribution in [3.63, 3.8) is 0 Å². The number of aldehydes is 1. The Labute approximate surface area is 78.9 Å². The Morgan fingerprint density at radius 2 is 2.21 bits per heavy atom. The molecule has 1 N–H and O–H groups in total. The number of benzene rings is 1. The number of nitro benzene ring substituents is 1. The van der Waals surface area contributed by atoms with Crippen LogP contribution in [-0.2, 0) is 0 Å². The average Bonchev–Trinajstić information content (AvgIpc) is 2.17. The number of phenolic OH excluding ortho intramolecular Hbond substituents is 1. The lowest BCUT2D eigenvalue weighted by atomic mass is 10.1. The first kappa shape index (κ1) is 9.97. The van der Waals surface area contributed by atoms with Gasteiger partial charge in [0.1, 0.15) is 11.3 Å². The lowest BCUT2D eigenvalue weighted by Crippen LogP contribution is -1.98. The molecule has 0 saturated carbocycles. The van der Waals surface area contributed by atoms with Crippen LogP contribution in [-0.4, -0.2) is 23.4 Å². The van der Waals surface area contributed by atoms with Gasteiger partial charge in [-0.05, 0) is 12.1 Å². The van der Waals surface area contributed by atoms with Crippen LogP contribution in [0, 0.1) is 10.1 Å². The molecule has 0 aromatic heterocycles. The molecule has 0 spiro atoms. The minimum absolute atomic E-state index is 0.0603. The SMILES string of the molecule is COc1ccc(O)c(C=O)c1[N+](=O)[O-]. The number of nitro groups is 1. The second-order valence-corrected chi connectivity index (χ2v) is 2.42. The van der Waals surface area contributed by atoms with Gasteiger partial charge in [-0.2, -0.15) is 0 Å². The predicted octanol–water partition coefficient (Wildman–Crippen LogP) is 1.12. The van der Waals surface area contributed by atoms with Gasteiger partial charge >= 0.3 is 5.69 Å². The molecule has 0 aliphatic carbocycles. The van der Waals surface area contributed by atoms with E-state index in [9.17, 15) is 14.9 Å². The zero-order valence-corrected chi connectivity index (χ0v) is 7.26. The second kappa shape index (κ2) is 3.73. The van der Waals surface area contributed by atoms with Gasteiger partial charge in [0, 0.05) is 0 Å². The molecule has 0 aliphatic heterocycles. The highest BCUT2D eigenvalue weighted by molar-refractivity contribution is 5.87. The maximum Gasteiger partial charge on any atom is 0.325 e. The van der Waals surface area contributed by atoms with Crippen molar-refractivity contribution >= 4 is 12.0 Å². The van der Waals surface area contributed by atoms with Crippen molar-refractivity contribution < 1.29 is 19.6 Å². The van der Waals surface area contributed by atoms with Gasteiger partial charge in [0.15, 0.2) is 12.0 Å². The topological polar surface area (TPSA) is 89.7 Å². The number of hydrogen-bond donors (Lipinski definition) is 1. The molecule has 6 heteroatoms. The van der Waals surface area contributed by atoms with Gasteiger partial charge in [-0.25, -0.2) is 0 Å². The van der Waals surface area contributed by atoms with E-state index >= 15 is 0 Å². The molecule has 0 radical (unpaired) electrons. The zero-order chi connectivity index (χ0) is 10.7. The van der Waals surface area contributed by atoms with Crippen molar-refractivity contribution in [2.24, 2.45) is 0 Å². The van der Waals surface area contributed by atoms with Gasteiger partial charge in [-0.3, -0.25) is 14.9 Å². The number of rotatable bonds is 3. The molecule has 0 saturated heterocycles. The number of aromatic hydroxyl groups is 1. The Balaban J connectivity index is 3.51. The lowest BCUT2D eigenvalue weighted by Gasteiger charge is -2.04. The monoisotopic (exact) mass is 197 g/mol. The minimum Gasteiger partial charge on any atom is -0.507 e. The first-order valence-electron chi connectivity index (χ1n) is 3.61. The molecule has 0 atom stereocenters. The number of phenols is 1. The van der Waals surface area contributed by atoms with Gasteiger partial charge in [0.2, 0.25) is 0 Å². The fraction of sp³-hybridized carbons (Fsp3) is 0.125. The molecule has 14 heavy (non-hydrogen) atoms. The first-order valence-corrected chi connectivity index (χ1v) is 3.61. The fourth-order valence-corrected chi connectivity index (χ4v) is 1.05. The highest BCUT2D eigenvalue weighted by Crippen LogP contribution is 2.34. The number of hydrogen-bond acceptors (Lipinski definition) is 5. The van der Waals surface area contributed by atoms with Crippen molar-refractivity contribution in [2.45, 2.75) is 0 Å². The van der Waals surface area contributed by atoms with Crippen LogP contribution < -0.4 is 4.74 Å². The van der Waals surface area contributed by atoms with E-state index in [0.29, 0.717) is 0 Å². The Morgan fingerprint density at radius 1 is 1.57 bits per heavy atom. The van der Waals surface area contributed by atoms with Crippen LogP contribution in [0.4, 0.5) is 5.69 Å². The summed E-state index contributed by atoms with van der Waals surface area (Å²) in [5.41, 5.74) is -0.906. The lowest BCUT2D eigenvalue weighted by molar-refractivity contribution is -0.386. The fourth-order valence-electron chi connectivity index (χ4n) is 1.05. The van der Waals surface area contributed by atoms with Crippen LogP contribution in [0.1, 0.15) is 10.4 Å². The molecular weight excluding hydrogens is 190 g/mol. The third kappa shape index (κ3) is 1.49. The van der Waals surface area contributed by atoms with E-state index in [4.69, 9.17) is 9.84 Å². The van der Waals surface area contributed by atoms with E-state index in [-0.39, 0.29) is 17.6 Å². The second-order valence-electron chi connectivity index (χ2n) is 2.42. The summed E-state index contributed by atoms with van der Waals surface area (Å²) in [6.07, 6.45) is 0.218. The molecule has 0 amide bonds. The first-order chi connectivity index (χ1) is 6.61. The van der Waals surface area contributed by atoms with Crippen LogP contribution in [0.25, 0.3) is 0 Å². The van der Waals surface area contributed by atoms with Crippen LogP contribution >= 0.6 is 0 Å². The van der Waals surface area contributed by atoms with E-state index in [1.165, 1.54) is 13.2 Å². The molecule has 1 aromatic rings. The largest absolute Gasteiger partial charge is 0.507 e. The van der Waals surface area contributed by atoms with Crippen molar-refractivity contribution in [2.75, 3.05) is 7.11 Å². The third-order valence-electron chi connectivity index (χ3n) is 1.68. The van der Waals surface area contributed by atoms with E-state index in [2.05, 4.69) is 0 Å². The molecule has 0 unspecified atom stereocenters. The Kier molecular flexibility index (Phi) is 2.66. The van der Waals surface area contributed by atoms with Gasteiger partial charge in [-0.15, -0.1) is 0 Å². The van der Waals surface area contributed by atoms with E-state index in [1.54, 1.807) is 0 Å². The molecule has 0 aliphatic rings. The Hall–Kier alpha value is -2.11. The molecule has 74 valence electrons. The molecule has 1 rings (SSSR count). The molecule has 6 nitrogen and oxygen atoms in total. The summed E-state index contributed by atoms with van der Waals surface area (Å²) in [5.74, 6) is -0.498.